The minimum absolute atomic E-state index is 0.0268. The maximum atomic E-state index is 13.0. The predicted octanol–water partition coefficient (Wildman–Crippen LogP) is 4.03. The van der Waals surface area contributed by atoms with E-state index in [1.165, 1.54) is 0 Å². The molecule has 1 heterocycles. The molecule has 0 unspecified atom stereocenters. The highest BCUT2D eigenvalue weighted by atomic mass is 32.2. The van der Waals surface area contributed by atoms with Crippen LogP contribution in [0.15, 0.2) is 52.3 Å². The molecule has 32 heavy (non-hydrogen) atoms. The number of benzene rings is 2. The van der Waals surface area contributed by atoms with Gasteiger partial charge in [0.2, 0.25) is 5.43 Å². The van der Waals surface area contributed by atoms with Crippen LogP contribution in [0.5, 0.6) is 5.75 Å². The summed E-state index contributed by atoms with van der Waals surface area (Å²) in [5.74, 6) is -2.23. The lowest BCUT2D eigenvalue weighted by Gasteiger charge is -2.14. The molecule has 0 spiro atoms. The molecule has 0 aliphatic rings. The van der Waals surface area contributed by atoms with Gasteiger partial charge in [0.25, 0.3) is 0 Å². The van der Waals surface area contributed by atoms with Crippen LogP contribution in [0.2, 0.25) is 0 Å². The minimum Gasteiger partial charge on any atom is -0.477 e. The smallest absolute Gasteiger partial charge is 0.416 e. The van der Waals surface area contributed by atoms with E-state index >= 15 is 0 Å². The van der Waals surface area contributed by atoms with Gasteiger partial charge in [0, 0.05) is 11.7 Å². The molecule has 0 atom stereocenters. The number of aromatic carboxylic acids is 1. The number of H-pyrrole nitrogens is 1. The van der Waals surface area contributed by atoms with Crippen LogP contribution in [0.1, 0.15) is 21.5 Å². The summed E-state index contributed by atoms with van der Waals surface area (Å²) in [5, 5.41) is 8.65. The normalized spacial score (nSPS) is 12.7. The van der Waals surface area contributed by atoms with Gasteiger partial charge in [-0.25, -0.2) is 4.79 Å². The lowest BCUT2D eigenvalue weighted by atomic mass is 10.1. The van der Waals surface area contributed by atoms with E-state index in [-0.39, 0.29) is 29.1 Å². The molecule has 3 rings (SSSR count). The van der Waals surface area contributed by atoms with E-state index in [9.17, 15) is 44.3 Å². The van der Waals surface area contributed by atoms with Crippen molar-refractivity contribution in [1.82, 2.24) is 4.98 Å². The first-order valence-electron chi connectivity index (χ1n) is 8.22. The molecule has 14 heteroatoms. The van der Waals surface area contributed by atoms with Gasteiger partial charge in [0.05, 0.1) is 16.5 Å². The number of nitrogens with one attached hydrogen (secondary N) is 1. The third-order valence-electron chi connectivity index (χ3n) is 4.14. The third kappa shape index (κ3) is 4.54. The largest absolute Gasteiger partial charge is 0.477 e. The van der Waals surface area contributed by atoms with Gasteiger partial charge < -0.3 is 14.3 Å². The maximum Gasteiger partial charge on any atom is 0.416 e. The second kappa shape index (κ2) is 7.55. The second-order valence-corrected chi connectivity index (χ2v) is 7.87. The van der Waals surface area contributed by atoms with Crippen LogP contribution < -0.4 is 9.61 Å². The van der Waals surface area contributed by atoms with Crippen LogP contribution >= 0.6 is 0 Å². The molecule has 0 amide bonds. The fraction of sp³-hybridized carbons (Fsp3) is 0.111. The highest BCUT2D eigenvalue weighted by molar-refractivity contribution is 7.87. The van der Waals surface area contributed by atoms with E-state index in [1.807, 2.05) is 0 Å². The van der Waals surface area contributed by atoms with Crippen molar-refractivity contribution >= 4 is 27.0 Å². The molecule has 0 aliphatic carbocycles. The average molecular weight is 481 g/mol. The number of carbonyl (C=O) groups is 1. The van der Waals surface area contributed by atoms with Crippen LogP contribution in [0.3, 0.4) is 0 Å². The van der Waals surface area contributed by atoms with Gasteiger partial charge in [-0.3, -0.25) is 4.79 Å². The number of hydrogen-bond donors (Lipinski definition) is 2. The number of fused-ring (bicyclic) bond motifs is 1. The molecule has 170 valence electrons. The number of halogens is 6. The van der Waals surface area contributed by atoms with Crippen LogP contribution in [0.4, 0.5) is 26.3 Å². The zero-order valence-electron chi connectivity index (χ0n) is 15.2. The number of carboxylic acid groups (broad SMARTS) is 1. The molecule has 2 aromatic carbocycles. The van der Waals surface area contributed by atoms with Crippen molar-refractivity contribution in [2.24, 2.45) is 0 Å². The average Bonchev–Trinajstić information content (AvgIpc) is 2.66. The number of rotatable bonds is 4. The SMILES string of the molecule is O=C(O)c1c[nH]c2ccc(OS(=O)(=O)c3cc(C(F)(F)F)cc(C(F)(F)F)c3)cc2c1=O. The zero-order chi connectivity index (χ0) is 24.1. The van der Waals surface area contributed by atoms with E-state index in [4.69, 9.17) is 5.11 Å². The number of hydrogen-bond acceptors (Lipinski definition) is 5. The molecule has 0 saturated carbocycles. The summed E-state index contributed by atoms with van der Waals surface area (Å²) in [4.78, 5) is 24.3. The van der Waals surface area contributed by atoms with Gasteiger partial charge in [0.1, 0.15) is 16.2 Å². The summed E-state index contributed by atoms with van der Waals surface area (Å²) >= 11 is 0. The first-order chi connectivity index (χ1) is 14.6. The van der Waals surface area contributed by atoms with Gasteiger partial charge in [-0.15, -0.1) is 0 Å². The Morgan fingerprint density at radius 2 is 1.50 bits per heavy atom. The summed E-state index contributed by atoms with van der Waals surface area (Å²) in [7, 11) is -5.22. The quantitative estimate of drug-likeness (QED) is 0.430. The monoisotopic (exact) mass is 481 g/mol. The minimum atomic E-state index is -5.28. The molecule has 0 saturated heterocycles. The van der Waals surface area contributed by atoms with E-state index in [1.54, 1.807) is 0 Å². The highest BCUT2D eigenvalue weighted by Crippen LogP contribution is 2.37. The summed E-state index contributed by atoms with van der Waals surface area (Å²) in [6.45, 7) is 0. The Labute approximate surface area is 174 Å². The van der Waals surface area contributed by atoms with Gasteiger partial charge >= 0.3 is 28.4 Å². The van der Waals surface area contributed by atoms with Gasteiger partial charge in [0.15, 0.2) is 0 Å². The lowest BCUT2D eigenvalue weighted by molar-refractivity contribution is -0.143. The summed E-state index contributed by atoms with van der Waals surface area (Å²) in [6, 6.07) is 2.56. The van der Waals surface area contributed by atoms with Crippen molar-refractivity contribution in [2.75, 3.05) is 0 Å². The van der Waals surface area contributed by atoms with Gasteiger partial charge in [-0.2, -0.15) is 34.8 Å². The van der Waals surface area contributed by atoms with E-state index in [2.05, 4.69) is 9.17 Å². The Morgan fingerprint density at radius 1 is 0.938 bits per heavy atom. The number of aromatic nitrogens is 1. The lowest BCUT2D eigenvalue weighted by Crippen LogP contribution is -2.17. The third-order valence-corrected chi connectivity index (χ3v) is 5.36. The Kier molecular flexibility index (Phi) is 5.45. The molecule has 2 N–H and O–H groups in total. The predicted molar refractivity (Wildman–Crippen MR) is 95.8 cm³/mol. The van der Waals surface area contributed by atoms with Gasteiger partial charge in [-0.05, 0) is 36.4 Å². The summed E-state index contributed by atoms with van der Waals surface area (Å²) in [6.07, 6.45) is -9.67. The van der Waals surface area contributed by atoms with Crippen LogP contribution in [-0.4, -0.2) is 24.5 Å². The number of pyridine rings is 1. The Hall–Kier alpha value is -3.55. The Bertz CT molecular complexity index is 1360. The molecule has 1 aromatic heterocycles. The molecular weight excluding hydrogens is 472 g/mol. The summed E-state index contributed by atoms with van der Waals surface area (Å²) in [5.41, 5.74) is -5.37. The molecule has 0 aliphatic heterocycles. The fourth-order valence-corrected chi connectivity index (χ4v) is 3.65. The number of carboxylic acids is 1. The Balaban J connectivity index is 2.11. The van der Waals surface area contributed by atoms with E-state index in [0.29, 0.717) is 0 Å². The number of aromatic amines is 1. The second-order valence-electron chi connectivity index (χ2n) is 6.32. The molecule has 7 nitrogen and oxygen atoms in total. The van der Waals surface area contributed by atoms with Crippen molar-refractivity contribution in [3.8, 4) is 5.75 Å². The van der Waals surface area contributed by atoms with Crippen molar-refractivity contribution in [2.45, 2.75) is 17.2 Å². The van der Waals surface area contributed by atoms with Crippen molar-refractivity contribution in [3.63, 3.8) is 0 Å². The molecule has 0 bridgehead atoms. The molecular formula is C18H9F6NO6S. The highest BCUT2D eigenvalue weighted by Gasteiger charge is 2.38. The molecule has 0 radical (unpaired) electrons. The fourth-order valence-electron chi connectivity index (χ4n) is 2.65. The van der Waals surface area contributed by atoms with Crippen LogP contribution in [0.25, 0.3) is 10.9 Å². The topological polar surface area (TPSA) is 114 Å². The zero-order valence-corrected chi connectivity index (χ0v) is 16.0. The van der Waals surface area contributed by atoms with E-state index < -0.39 is 61.2 Å². The van der Waals surface area contributed by atoms with Crippen molar-refractivity contribution in [1.29, 1.82) is 0 Å². The van der Waals surface area contributed by atoms with Crippen LogP contribution in [0, 0.1) is 0 Å². The maximum absolute atomic E-state index is 13.0. The van der Waals surface area contributed by atoms with Crippen molar-refractivity contribution in [3.05, 3.63) is 69.5 Å². The first kappa shape index (κ1) is 23.1. The Morgan fingerprint density at radius 3 is 2.00 bits per heavy atom. The van der Waals surface area contributed by atoms with Crippen molar-refractivity contribution < 1.29 is 48.8 Å². The molecule has 3 aromatic rings. The molecule has 0 fully saturated rings. The first-order valence-corrected chi connectivity index (χ1v) is 9.63. The van der Waals surface area contributed by atoms with Crippen LogP contribution in [-0.2, 0) is 22.5 Å². The standard InChI is InChI=1S/C18H9F6NO6S/c19-17(20,21)8-3-9(18(22,23)24)5-11(4-8)32(29,30)31-10-1-2-14-12(6-10)15(26)13(7-25-14)16(27)28/h1-7H,(H,25,26)(H,27,28). The van der Waals surface area contributed by atoms with E-state index in [0.717, 1.165) is 24.4 Å². The summed E-state index contributed by atoms with van der Waals surface area (Å²) < 4.78 is 107. The van der Waals surface area contributed by atoms with Gasteiger partial charge in [-0.1, -0.05) is 0 Å². The number of alkyl halides is 6.